The lowest BCUT2D eigenvalue weighted by molar-refractivity contribution is 0.870. The van der Waals surface area contributed by atoms with Crippen molar-refractivity contribution in [2.45, 2.75) is 12.7 Å². The van der Waals surface area contributed by atoms with E-state index in [0.29, 0.717) is 23.0 Å². The minimum Gasteiger partial charge on any atom is -0.379 e. The summed E-state index contributed by atoms with van der Waals surface area (Å²) in [5.74, 6) is 1.32. The maximum absolute atomic E-state index is 11.5. The summed E-state index contributed by atoms with van der Waals surface area (Å²) >= 11 is 1.13. The van der Waals surface area contributed by atoms with Gasteiger partial charge < -0.3 is 5.73 Å². The number of fused-ring (bicyclic) bond motifs is 1. The molecule has 9 heteroatoms. The van der Waals surface area contributed by atoms with E-state index in [9.17, 15) is 4.79 Å². The molecule has 0 bridgehead atoms. The molecule has 0 radical (unpaired) electrons. The number of nitrogens with zero attached hydrogens (tertiary/aromatic N) is 3. The van der Waals surface area contributed by atoms with E-state index < -0.39 is 0 Å². The second kappa shape index (κ2) is 5.19. The number of hydrogen-bond donors (Lipinski definition) is 3. The highest BCUT2D eigenvalue weighted by atomic mass is 35.5. The second-order valence-corrected chi connectivity index (χ2v) is 4.21. The summed E-state index contributed by atoms with van der Waals surface area (Å²) in [5, 5.41) is 9.88. The van der Waals surface area contributed by atoms with Crippen molar-refractivity contribution in [2.24, 2.45) is 5.73 Å². The van der Waals surface area contributed by atoms with E-state index in [-0.39, 0.29) is 23.1 Å². The topological polar surface area (TPSA) is 113 Å². The van der Waals surface area contributed by atoms with Crippen molar-refractivity contribution in [3.05, 3.63) is 27.9 Å². The number of rotatable bonds is 2. The average Bonchev–Trinajstić information content (AvgIpc) is 2.57. The lowest BCUT2D eigenvalue weighted by Crippen LogP contribution is -2.14. The molecule has 0 spiro atoms. The van der Waals surface area contributed by atoms with Crippen molar-refractivity contribution in [1.82, 2.24) is 19.6 Å². The van der Waals surface area contributed by atoms with Gasteiger partial charge in [0.2, 0.25) is 0 Å². The largest absolute Gasteiger partial charge is 0.379 e. The molecule has 17 heavy (non-hydrogen) atoms. The molecule has 4 N–H and O–H groups in total. The molecule has 2 heterocycles. The number of amidine groups is 1. The summed E-state index contributed by atoms with van der Waals surface area (Å²) in [7, 11) is 0. The Hall–Kier alpha value is -1.54. The third kappa shape index (κ3) is 2.98. The Morgan fingerprint density at radius 2 is 2.35 bits per heavy atom. The van der Waals surface area contributed by atoms with Crippen molar-refractivity contribution in [3.63, 3.8) is 0 Å². The van der Waals surface area contributed by atoms with Crippen LogP contribution in [-0.4, -0.2) is 24.7 Å². The highest BCUT2D eigenvalue weighted by Crippen LogP contribution is 2.07. The molecule has 2 rings (SSSR count). The van der Waals surface area contributed by atoms with Gasteiger partial charge in [0.25, 0.3) is 11.3 Å². The molecule has 7 nitrogen and oxygen atoms in total. The predicted molar refractivity (Wildman–Crippen MR) is 68.8 cm³/mol. The number of nitrogens with two attached hydrogens (primary N) is 1. The van der Waals surface area contributed by atoms with Crippen LogP contribution < -0.4 is 11.3 Å². The minimum atomic E-state index is -0.200. The van der Waals surface area contributed by atoms with Crippen molar-refractivity contribution in [2.75, 3.05) is 0 Å². The summed E-state index contributed by atoms with van der Waals surface area (Å²) in [6.45, 7) is 1.74. The fourth-order valence-corrected chi connectivity index (χ4v) is 1.67. The zero-order valence-electron chi connectivity index (χ0n) is 8.93. The molecule has 92 valence electrons. The number of aromatic nitrogens is 4. The summed E-state index contributed by atoms with van der Waals surface area (Å²) in [6.07, 6.45) is 0. The molecule has 0 aliphatic heterocycles. The number of nitrogens with one attached hydrogen (secondary N) is 2. The molecular formula is C8H11ClN6OS. The van der Waals surface area contributed by atoms with Gasteiger partial charge in [-0.15, -0.1) is 12.4 Å². The van der Waals surface area contributed by atoms with E-state index in [2.05, 4.69) is 15.1 Å². The van der Waals surface area contributed by atoms with Crippen LogP contribution in [0.3, 0.4) is 0 Å². The second-order valence-electron chi connectivity index (χ2n) is 3.19. The molecule has 0 saturated carbocycles. The first-order valence-electron chi connectivity index (χ1n) is 4.48. The fraction of sp³-hybridized carbons (Fsp3) is 0.250. The molecule has 0 unspecified atom stereocenters. The monoisotopic (exact) mass is 274 g/mol. The number of hydrogen-bond acceptors (Lipinski definition) is 5. The van der Waals surface area contributed by atoms with Gasteiger partial charge in [-0.05, 0) is 6.92 Å². The lowest BCUT2D eigenvalue weighted by Gasteiger charge is -1.92. The van der Waals surface area contributed by atoms with Crippen molar-refractivity contribution in [1.29, 1.82) is 5.41 Å². The van der Waals surface area contributed by atoms with Gasteiger partial charge in [0, 0.05) is 11.8 Å². The van der Waals surface area contributed by atoms with Crippen molar-refractivity contribution < 1.29 is 0 Å². The van der Waals surface area contributed by atoms with Crippen molar-refractivity contribution >= 4 is 35.1 Å². The fourth-order valence-electron chi connectivity index (χ4n) is 1.25. The smallest absolute Gasteiger partial charge is 0.274 e. The molecule has 2 aromatic heterocycles. The predicted octanol–water partition coefficient (Wildman–Crippen LogP) is 0.274. The molecule has 0 amide bonds. The number of thioether (sulfide) groups is 1. The zero-order valence-corrected chi connectivity index (χ0v) is 10.6. The highest BCUT2D eigenvalue weighted by Gasteiger charge is 2.06. The van der Waals surface area contributed by atoms with Crippen molar-refractivity contribution in [3.8, 4) is 0 Å². The third-order valence-electron chi connectivity index (χ3n) is 1.87. The Labute approximate surface area is 107 Å². The number of H-pyrrole nitrogens is 1. The van der Waals surface area contributed by atoms with Gasteiger partial charge in [-0.25, -0.2) is 4.98 Å². The summed E-state index contributed by atoms with van der Waals surface area (Å²) in [5.41, 5.74) is 5.64. The van der Waals surface area contributed by atoms with Crippen LogP contribution in [-0.2, 0) is 5.75 Å². The first kappa shape index (κ1) is 13.5. The Bertz CT molecular complexity index is 606. The van der Waals surface area contributed by atoms with Gasteiger partial charge in [-0.3, -0.25) is 15.3 Å². The molecule has 0 saturated heterocycles. The van der Waals surface area contributed by atoms with Crippen LogP contribution in [0, 0.1) is 12.3 Å². The van der Waals surface area contributed by atoms with Crippen LogP contribution in [0.15, 0.2) is 10.9 Å². The minimum absolute atomic E-state index is 0. The maximum atomic E-state index is 11.5. The summed E-state index contributed by atoms with van der Waals surface area (Å²) < 4.78 is 1.27. The molecular weight excluding hydrogens is 264 g/mol. The average molecular weight is 275 g/mol. The van der Waals surface area contributed by atoms with E-state index in [1.165, 1.54) is 10.6 Å². The van der Waals surface area contributed by atoms with E-state index in [4.69, 9.17) is 11.1 Å². The summed E-state index contributed by atoms with van der Waals surface area (Å²) in [6, 6.07) is 1.42. The van der Waals surface area contributed by atoms with Gasteiger partial charge >= 0.3 is 0 Å². The van der Waals surface area contributed by atoms with Gasteiger partial charge in [-0.1, -0.05) is 11.8 Å². The highest BCUT2D eigenvalue weighted by molar-refractivity contribution is 8.12. The Kier molecular flexibility index (Phi) is 4.13. The normalized spacial score (nSPS) is 10.2. The molecule has 0 aliphatic rings. The molecule has 2 aromatic rings. The van der Waals surface area contributed by atoms with Gasteiger partial charge in [0.1, 0.15) is 5.82 Å². The van der Waals surface area contributed by atoms with Crippen LogP contribution >= 0.6 is 24.2 Å². The maximum Gasteiger partial charge on any atom is 0.274 e. The van der Waals surface area contributed by atoms with E-state index in [1.807, 2.05) is 0 Å². The Morgan fingerprint density at radius 1 is 1.65 bits per heavy atom. The SMILES string of the molecule is Cc1cc(=O)n2[nH]c(CSC(=N)N)nc2n1.Cl. The summed E-state index contributed by atoms with van der Waals surface area (Å²) in [4.78, 5) is 19.8. The van der Waals surface area contributed by atoms with Gasteiger partial charge in [0.05, 0.1) is 5.75 Å². The van der Waals surface area contributed by atoms with Crippen LogP contribution in [0.2, 0.25) is 0 Å². The Balaban J connectivity index is 0.00000144. The number of aromatic amines is 1. The first-order chi connectivity index (χ1) is 7.56. The molecule has 0 atom stereocenters. The van der Waals surface area contributed by atoms with Crippen LogP contribution in [0.4, 0.5) is 0 Å². The van der Waals surface area contributed by atoms with E-state index in [1.54, 1.807) is 6.92 Å². The van der Waals surface area contributed by atoms with Crippen LogP contribution in [0.1, 0.15) is 11.5 Å². The molecule has 0 fully saturated rings. The standard InChI is InChI=1S/C8H10N6OS.ClH/c1-4-2-6(15)14-8(11-4)12-5(13-14)3-16-7(9)10;/h2H,3H2,1H3,(H3,9,10)(H,11,12,13);1H. The number of halogens is 1. The van der Waals surface area contributed by atoms with Gasteiger partial charge in [-0.2, -0.15) is 9.50 Å². The van der Waals surface area contributed by atoms with Gasteiger partial charge in [0.15, 0.2) is 5.17 Å². The first-order valence-corrected chi connectivity index (χ1v) is 5.47. The third-order valence-corrected chi connectivity index (χ3v) is 2.60. The van der Waals surface area contributed by atoms with Crippen LogP contribution in [0.25, 0.3) is 5.78 Å². The van der Waals surface area contributed by atoms with E-state index >= 15 is 0 Å². The quantitative estimate of drug-likeness (QED) is 0.537. The molecule has 0 aromatic carbocycles. The Morgan fingerprint density at radius 3 is 3.00 bits per heavy atom. The molecule has 0 aliphatic carbocycles. The lowest BCUT2D eigenvalue weighted by atomic mass is 10.5. The van der Waals surface area contributed by atoms with E-state index in [0.717, 1.165) is 11.8 Å². The van der Waals surface area contributed by atoms with Crippen LogP contribution in [0.5, 0.6) is 0 Å². The number of aryl methyl sites for hydroxylation is 1. The zero-order chi connectivity index (χ0) is 11.7.